The van der Waals surface area contributed by atoms with Gasteiger partial charge in [-0.05, 0) is 12.5 Å². The predicted octanol–water partition coefficient (Wildman–Crippen LogP) is 0.596. The largest absolute Gasteiger partial charge is 0.382 e. The molecule has 1 aliphatic rings. The summed E-state index contributed by atoms with van der Waals surface area (Å²) in [6.45, 7) is 1.60. The van der Waals surface area contributed by atoms with Crippen molar-refractivity contribution < 1.29 is 33.3 Å². The highest BCUT2D eigenvalue weighted by molar-refractivity contribution is 7.57. The van der Waals surface area contributed by atoms with Crippen molar-refractivity contribution in [3.63, 3.8) is 0 Å². The van der Waals surface area contributed by atoms with E-state index in [9.17, 15) is 19.0 Å². The summed E-state index contributed by atoms with van der Waals surface area (Å²) in [5, 5.41) is 0. The first-order valence-electron chi connectivity index (χ1n) is 7.21. The molecule has 0 aliphatic carbocycles. The van der Waals surface area contributed by atoms with Gasteiger partial charge in [-0.2, -0.15) is 0 Å². The van der Waals surface area contributed by atoms with E-state index < -0.39 is 19.7 Å². The van der Waals surface area contributed by atoms with Gasteiger partial charge in [-0.1, -0.05) is 0 Å². The van der Waals surface area contributed by atoms with Crippen LogP contribution in [0.1, 0.15) is 12.8 Å². The summed E-state index contributed by atoms with van der Waals surface area (Å²) >= 11 is 0. The van der Waals surface area contributed by atoms with Crippen LogP contribution in [-0.2, 0) is 28.4 Å². The summed E-state index contributed by atoms with van der Waals surface area (Å²) in [6.07, 6.45) is 1.67. The van der Waals surface area contributed by atoms with Gasteiger partial charge in [0.15, 0.2) is 19.4 Å². The number of carbonyl (C=O) groups excluding carboxylic acids is 2. The molecule has 0 spiro atoms. The first-order valence-corrected chi connectivity index (χ1v) is 9.51. The van der Waals surface area contributed by atoms with E-state index in [4.69, 9.17) is 14.2 Å². The highest BCUT2D eigenvalue weighted by atomic mass is 31.2. The fourth-order valence-electron chi connectivity index (χ4n) is 2.11. The van der Waals surface area contributed by atoms with Gasteiger partial charge in [0.2, 0.25) is 5.91 Å². The van der Waals surface area contributed by atoms with Crippen molar-refractivity contribution in [2.45, 2.75) is 25.2 Å². The Morgan fingerprint density at radius 1 is 1.30 bits per heavy atom. The van der Waals surface area contributed by atoms with E-state index >= 15 is 0 Å². The molecule has 1 aliphatic heterocycles. The molecular weight excluding hydrogens is 325 g/mol. The number of carbonyl (C=O) groups is 2. The van der Waals surface area contributed by atoms with E-state index in [2.05, 4.69) is 0 Å². The predicted molar refractivity (Wildman–Crippen MR) is 83.3 cm³/mol. The van der Waals surface area contributed by atoms with Gasteiger partial charge in [-0.15, -0.1) is 0 Å². The molecule has 0 aromatic heterocycles. The molecule has 0 bridgehead atoms. The summed E-state index contributed by atoms with van der Waals surface area (Å²) in [6, 6.07) is 0. The SMILES string of the molecule is COC[C@@H](CCP(C)(=O)O)O[C@H](COC)N1C=CC(=O)CC1=O. The van der Waals surface area contributed by atoms with Gasteiger partial charge in [0.05, 0.1) is 25.7 Å². The lowest BCUT2D eigenvalue weighted by molar-refractivity contribution is -0.159. The Hall–Kier alpha value is -1.05. The molecule has 0 aromatic rings. The normalized spacial score (nSPS) is 20.4. The number of hydrogen-bond donors (Lipinski definition) is 1. The lowest BCUT2D eigenvalue weighted by Crippen LogP contribution is -2.46. The summed E-state index contributed by atoms with van der Waals surface area (Å²) in [4.78, 5) is 33.9. The maximum Gasteiger partial charge on any atom is 0.236 e. The molecule has 8 nitrogen and oxygen atoms in total. The second-order valence-corrected chi connectivity index (χ2v) is 8.00. The average molecular weight is 349 g/mol. The maximum atomic E-state index is 12.0. The molecule has 1 N–H and O–H groups in total. The lowest BCUT2D eigenvalue weighted by atomic mass is 10.2. The van der Waals surface area contributed by atoms with Crippen LogP contribution in [0.15, 0.2) is 12.3 Å². The van der Waals surface area contributed by atoms with Crippen molar-refractivity contribution in [2.24, 2.45) is 0 Å². The number of ether oxygens (including phenoxy) is 3. The number of nitrogens with zero attached hydrogens (tertiary/aromatic N) is 1. The number of amides is 1. The van der Waals surface area contributed by atoms with Crippen molar-refractivity contribution >= 4 is 19.1 Å². The number of ketones is 1. The summed E-state index contributed by atoms with van der Waals surface area (Å²) in [7, 11) is -0.193. The van der Waals surface area contributed by atoms with Crippen LogP contribution in [0.4, 0.5) is 0 Å². The van der Waals surface area contributed by atoms with Crippen molar-refractivity contribution in [1.29, 1.82) is 0 Å². The zero-order valence-corrected chi connectivity index (χ0v) is 14.5. The fourth-order valence-corrected chi connectivity index (χ4v) is 2.88. The van der Waals surface area contributed by atoms with Crippen molar-refractivity contribution in [1.82, 2.24) is 4.90 Å². The van der Waals surface area contributed by atoms with E-state index in [1.54, 1.807) is 0 Å². The van der Waals surface area contributed by atoms with Gasteiger partial charge in [-0.3, -0.25) is 19.1 Å². The van der Waals surface area contributed by atoms with Crippen LogP contribution in [0.25, 0.3) is 0 Å². The molecule has 0 radical (unpaired) electrons. The highest BCUT2D eigenvalue weighted by Gasteiger charge is 2.29. The second-order valence-electron chi connectivity index (χ2n) is 5.45. The smallest absolute Gasteiger partial charge is 0.236 e. The van der Waals surface area contributed by atoms with Crippen LogP contribution in [0.2, 0.25) is 0 Å². The monoisotopic (exact) mass is 349 g/mol. The molecule has 1 amide bonds. The zero-order valence-electron chi connectivity index (χ0n) is 13.6. The van der Waals surface area contributed by atoms with E-state index in [0.29, 0.717) is 6.42 Å². The van der Waals surface area contributed by atoms with E-state index in [-0.39, 0.29) is 37.5 Å². The first kappa shape index (κ1) is 20.0. The van der Waals surface area contributed by atoms with Gasteiger partial charge in [-0.25, -0.2) is 0 Å². The van der Waals surface area contributed by atoms with Crippen molar-refractivity contribution in [3.8, 4) is 0 Å². The molecule has 0 saturated carbocycles. The molecule has 0 saturated heterocycles. The Bertz CT molecular complexity index is 488. The van der Waals surface area contributed by atoms with Crippen molar-refractivity contribution in [3.05, 3.63) is 12.3 Å². The molecule has 3 atom stereocenters. The Morgan fingerprint density at radius 2 is 1.96 bits per heavy atom. The number of hydrogen-bond acceptors (Lipinski definition) is 6. The molecule has 0 fully saturated rings. The number of methoxy groups -OCH3 is 2. The quantitative estimate of drug-likeness (QED) is 0.455. The molecular formula is C14H24NO7P. The van der Waals surface area contributed by atoms with Crippen molar-refractivity contribution in [2.75, 3.05) is 40.3 Å². The van der Waals surface area contributed by atoms with Gasteiger partial charge in [0, 0.05) is 33.2 Å². The summed E-state index contributed by atoms with van der Waals surface area (Å²) in [5.41, 5.74) is 0. The molecule has 1 unspecified atom stereocenters. The molecule has 0 aromatic carbocycles. The number of allylic oxidation sites excluding steroid dienone is 1. The third-order valence-corrected chi connectivity index (χ3v) is 4.31. The third-order valence-electron chi connectivity index (χ3n) is 3.22. The van der Waals surface area contributed by atoms with Gasteiger partial charge in [0.1, 0.15) is 0 Å². The van der Waals surface area contributed by atoms with E-state index in [0.717, 1.165) is 0 Å². The minimum atomic E-state index is -3.16. The minimum absolute atomic E-state index is 0.0863. The molecule has 1 heterocycles. The maximum absolute atomic E-state index is 12.0. The van der Waals surface area contributed by atoms with Crippen LogP contribution in [0.5, 0.6) is 0 Å². The molecule has 1 rings (SSSR count). The molecule has 23 heavy (non-hydrogen) atoms. The zero-order chi connectivity index (χ0) is 17.5. The van der Waals surface area contributed by atoms with E-state index in [1.165, 1.54) is 38.1 Å². The van der Waals surface area contributed by atoms with E-state index in [1.807, 2.05) is 0 Å². The van der Waals surface area contributed by atoms with Crippen LogP contribution in [0, 0.1) is 0 Å². The summed E-state index contributed by atoms with van der Waals surface area (Å²) in [5.74, 6) is -0.637. The van der Waals surface area contributed by atoms with Crippen LogP contribution in [-0.4, -0.2) is 74.1 Å². The topological polar surface area (TPSA) is 102 Å². The second kappa shape index (κ2) is 9.30. The Morgan fingerprint density at radius 3 is 2.48 bits per heavy atom. The van der Waals surface area contributed by atoms with Gasteiger partial charge in [0.25, 0.3) is 0 Å². The summed E-state index contributed by atoms with van der Waals surface area (Å²) < 4.78 is 27.4. The fraction of sp³-hybridized carbons (Fsp3) is 0.714. The van der Waals surface area contributed by atoms with Crippen LogP contribution < -0.4 is 0 Å². The molecule has 132 valence electrons. The van der Waals surface area contributed by atoms with Gasteiger partial charge < -0.3 is 19.1 Å². The Kier molecular flexibility index (Phi) is 8.08. The number of rotatable bonds is 10. The highest BCUT2D eigenvalue weighted by Crippen LogP contribution is 2.36. The van der Waals surface area contributed by atoms with Crippen LogP contribution >= 0.6 is 7.37 Å². The standard InChI is InChI=1S/C14H24NO7P/c1-20-9-12(5-7-23(3,18)19)22-14(10-21-2)15-6-4-11(16)8-13(15)17/h4,6,12,14H,5,7-10H2,1-3H3,(H,18,19)/t12-,14-/m1/s1. The lowest BCUT2D eigenvalue weighted by Gasteiger charge is -2.32. The Labute approximate surface area is 135 Å². The van der Waals surface area contributed by atoms with Crippen LogP contribution in [0.3, 0.4) is 0 Å². The average Bonchev–Trinajstić information content (AvgIpc) is 2.44. The van der Waals surface area contributed by atoms with Gasteiger partial charge >= 0.3 is 0 Å². The third kappa shape index (κ3) is 7.37. The Balaban J connectivity index is 2.77. The molecule has 9 heteroatoms. The first-order chi connectivity index (χ1) is 10.8. The minimum Gasteiger partial charge on any atom is -0.382 e.